The van der Waals surface area contributed by atoms with E-state index in [1.807, 2.05) is 49.8 Å². The number of para-hydroxylation sites is 1. The highest BCUT2D eigenvalue weighted by Gasteiger charge is 2.25. The van der Waals surface area contributed by atoms with Crippen molar-refractivity contribution in [1.82, 2.24) is 19.4 Å². The first-order valence-corrected chi connectivity index (χ1v) is 8.90. The molecule has 136 valence electrons. The Morgan fingerprint density at radius 2 is 2.08 bits per heavy atom. The number of ether oxygens (including phenoxy) is 1. The van der Waals surface area contributed by atoms with Gasteiger partial charge in [0.05, 0.1) is 6.54 Å². The van der Waals surface area contributed by atoms with E-state index in [4.69, 9.17) is 4.74 Å². The molecule has 2 unspecified atom stereocenters. The SMILES string of the molecule is CC1CN(CC(O)COc2ccccc2)CCN1Cc1nccn1C. The average Bonchev–Trinajstić information content (AvgIpc) is 3.01. The molecule has 1 saturated heterocycles. The Morgan fingerprint density at radius 1 is 1.28 bits per heavy atom. The standard InChI is InChI=1S/C19H28N4O2/c1-16-12-22(10-11-23(16)14-19-20-8-9-21(19)2)13-17(24)15-25-18-6-4-3-5-7-18/h3-9,16-17,24H,10-15H2,1-2H3. The van der Waals surface area contributed by atoms with Gasteiger partial charge < -0.3 is 14.4 Å². The lowest BCUT2D eigenvalue weighted by atomic mass is 10.1. The van der Waals surface area contributed by atoms with Crippen LogP contribution in [0.1, 0.15) is 12.7 Å². The summed E-state index contributed by atoms with van der Waals surface area (Å²) in [4.78, 5) is 9.18. The Morgan fingerprint density at radius 3 is 2.76 bits per heavy atom. The predicted octanol–water partition coefficient (Wildman–Crippen LogP) is 1.37. The smallest absolute Gasteiger partial charge is 0.122 e. The van der Waals surface area contributed by atoms with Crippen molar-refractivity contribution < 1.29 is 9.84 Å². The van der Waals surface area contributed by atoms with Crippen molar-refractivity contribution in [2.24, 2.45) is 7.05 Å². The molecule has 1 aliphatic heterocycles. The molecule has 2 heterocycles. The molecule has 1 aromatic heterocycles. The van der Waals surface area contributed by atoms with Crippen LogP contribution < -0.4 is 4.74 Å². The molecule has 25 heavy (non-hydrogen) atoms. The van der Waals surface area contributed by atoms with E-state index in [9.17, 15) is 5.11 Å². The molecule has 6 nitrogen and oxygen atoms in total. The van der Waals surface area contributed by atoms with Crippen LogP contribution in [-0.2, 0) is 13.6 Å². The third-order valence-corrected chi connectivity index (χ3v) is 4.77. The van der Waals surface area contributed by atoms with Crippen molar-refractivity contribution in [1.29, 1.82) is 0 Å². The van der Waals surface area contributed by atoms with Crippen LogP contribution >= 0.6 is 0 Å². The van der Waals surface area contributed by atoms with Gasteiger partial charge in [-0.05, 0) is 19.1 Å². The number of hydrogen-bond acceptors (Lipinski definition) is 5. The van der Waals surface area contributed by atoms with Crippen molar-refractivity contribution in [3.8, 4) is 5.75 Å². The number of nitrogens with zero attached hydrogens (tertiary/aromatic N) is 4. The largest absolute Gasteiger partial charge is 0.491 e. The first-order chi connectivity index (χ1) is 12.1. The summed E-state index contributed by atoms with van der Waals surface area (Å²) >= 11 is 0. The van der Waals surface area contributed by atoms with Crippen LogP contribution in [0.5, 0.6) is 5.75 Å². The fourth-order valence-corrected chi connectivity index (χ4v) is 3.26. The summed E-state index contributed by atoms with van der Waals surface area (Å²) in [7, 11) is 2.03. The summed E-state index contributed by atoms with van der Waals surface area (Å²) < 4.78 is 7.72. The molecule has 1 aliphatic rings. The highest BCUT2D eigenvalue weighted by molar-refractivity contribution is 5.20. The van der Waals surface area contributed by atoms with E-state index in [1.54, 1.807) is 0 Å². The predicted molar refractivity (Wildman–Crippen MR) is 97.5 cm³/mol. The summed E-state index contributed by atoms with van der Waals surface area (Å²) in [5.74, 6) is 1.89. The van der Waals surface area contributed by atoms with Gasteiger partial charge in [-0.3, -0.25) is 9.80 Å². The second-order valence-electron chi connectivity index (χ2n) is 6.81. The summed E-state index contributed by atoms with van der Waals surface area (Å²) in [6.45, 7) is 6.98. The second-order valence-corrected chi connectivity index (χ2v) is 6.81. The van der Waals surface area contributed by atoms with Gasteiger partial charge in [-0.1, -0.05) is 18.2 Å². The van der Waals surface area contributed by atoms with Gasteiger partial charge in [0.1, 0.15) is 24.3 Å². The lowest BCUT2D eigenvalue weighted by Gasteiger charge is -2.40. The van der Waals surface area contributed by atoms with E-state index in [1.165, 1.54) is 0 Å². The molecular weight excluding hydrogens is 316 g/mol. The zero-order valence-corrected chi connectivity index (χ0v) is 15.1. The third kappa shape index (κ3) is 5.04. The normalized spacial score (nSPS) is 20.5. The number of piperazine rings is 1. The molecule has 3 rings (SSSR count). The number of benzene rings is 1. The molecule has 0 spiro atoms. The Kier molecular flexibility index (Phi) is 6.07. The summed E-state index contributed by atoms with van der Waals surface area (Å²) in [5, 5.41) is 10.3. The van der Waals surface area contributed by atoms with E-state index in [-0.39, 0.29) is 0 Å². The van der Waals surface area contributed by atoms with Crippen LogP contribution in [0.3, 0.4) is 0 Å². The maximum atomic E-state index is 10.3. The zero-order valence-electron chi connectivity index (χ0n) is 15.1. The van der Waals surface area contributed by atoms with Gasteiger partial charge in [0.15, 0.2) is 0 Å². The summed E-state index contributed by atoms with van der Waals surface area (Å²) in [6, 6.07) is 10.1. The van der Waals surface area contributed by atoms with Crippen molar-refractivity contribution in [3.05, 3.63) is 48.5 Å². The first-order valence-electron chi connectivity index (χ1n) is 8.90. The Balaban J connectivity index is 1.42. The van der Waals surface area contributed by atoms with Gasteiger partial charge in [0.2, 0.25) is 0 Å². The van der Waals surface area contributed by atoms with Crippen molar-refractivity contribution in [2.45, 2.75) is 25.6 Å². The summed E-state index contributed by atoms with van der Waals surface area (Å²) in [6.07, 6.45) is 3.35. The number of aliphatic hydroxyl groups is 1. The molecule has 0 radical (unpaired) electrons. The molecule has 2 atom stereocenters. The Bertz CT molecular complexity index is 646. The number of imidazole rings is 1. The van der Waals surface area contributed by atoms with Crippen molar-refractivity contribution >= 4 is 0 Å². The molecule has 0 aliphatic carbocycles. The maximum Gasteiger partial charge on any atom is 0.122 e. The van der Waals surface area contributed by atoms with Gasteiger partial charge in [-0.15, -0.1) is 0 Å². The number of hydrogen-bond donors (Lipinski definition) is 1. The average molecular weight is 344 g/mol. The number of aryl methyl sites for hydroxylation is 1. The minimum atomic E-state index is -0.478. The zero-order chi connectivity index (χ0) is 17.6. The number of β-amino-alcohol motifs (C(OH)–C–C–N with tert-alkyl or cyclic N) is 1. The minimum absolute atomic E-state index is 0.325. The lowest BCUT2D eigenvalue weighted by molar-refractivity contribution is 0.0246. The monoisotopic (exact) mass is 344 g/mol. The minimum Gasteiger partial charge on any atom is -0.491 e. The number of rotatable bonds is 7. The maximum absolute atomic E-state index is 10.3. The molecule has 0 amide bonds. The topological polar surface area (TPSA) is 53.8 Å². The molecule has 1 fully saturated rings. The number of aromatic nitrogens is 2. The Labute approximate surface area is 149 Å². The fourth-order valence-electron chi connectivity index (χ4n) is 3.26. The van der Waals surface area contributed by atoms with Gasteiger partial charge in [-0.25, -0.2) is 4.98 Å². The van der Waals surface area contributed by atoms with E-state index < -0.39 is 6.10 Å². The van der Waals surface area contributed by atoms with E-state index in [0.29, 0.717) is 19.2 Å². The van der Waals surface area contributed by atoms with Crippen LogP contribution in [0.2, 0.25) is 0 Å². The van der Waals surface area contributed by atoms with E-state index in [2.05, 4.69) is 26.3 Å². The van der Waals surface area contributed by atoms with Crippen molar-refractivity contribution in [3.63, 3.8) is 0 Å². The molecule has 1 N–H and O–H groups in total. The molecule has 2 aromatic rings. The quantitative estimate of drug-likeness (QED) is 0.822. The van der Waals surface area contributed by atoms with Crippen molar-refractivity contribution in [2.75, 3.05) is 32.8 Å². The van der Waals surface area contributed by atoms with Crippen LogP contribution in [0, 0.1) is 0 Å². The Hall–Kier alpha value is -1.89. The molecular formula is C19H28N4O2. The fraction of sp³-hybridized carbons (Fsp3) is 0.526. The van der Waals surface area contributed by atoms with Gasteiger partial charge in [0, 0.05) is 51.7 Å². The lowest BCUT2D eigenvalue weighted by Crippen LogP contribution is -2.53. The molecule has 6 heteroatoms. The van der Waals surface area contributed by atoms with E-state index in [0.717, 1.165) is 37.8 Å². The molecule has 0 bridgehead atoms. The second kappa shape index (κ2) is 8.47. The van der Waals surface area contributed by atoms with Crippen LogP contribution in [0.4, 0.5) is 0 Å². The van der Waals surface area contributed by atoms with Crippen LogP contribution in [0.25, 0.3) is 0 Å². The van der Waals surface area contributed by atoms with Gasteiger partial charge in [-0.2, -0.15) is 0 Å². The molecule has 0 saturated carbocycles. The van der Waals surface area contributed by atoms with Crippen LogP contribution in [0.15, 0.2) is 42.7 Å². The van der Waals surface area contributed by atoms with Gasteiger partial charge in [0.25, 0.3) is 0 Å². The van der Waals surface area contributed by atoms with Crippen LogP contribution in [-0.4, -0.2) is 69.4 Å². The van der Waals surface area contributed by atoms with E-state index >= 15 is 0 Å². The van der Waals surface area contributed by atoms with Gasteiger partial charge >= 0.3 is 0 Å². The summed E-state index contributed by atoms with van der Waals surface area (Å²) in [5.41, 5.74) is 0. The first kappa shape index (κ1) is 17.9. The highest BCUT2D eigenvalue weighted by atomic mass is 16.5. The third-order valence-electron chi connectivity index (χ3n) is 4.77. The highest BCUT2D eigenvalue weighted by Crippen LogP contribution is 2.14. The molecule has 1 aromatic carbocycles. The number of aliphatic hydroxyl groups excluding tert-OH is 1.